The van der Waals surface area contributed by atoms with Crippen LogP contribution >= 0.6 is 0 Å². The lowest BCUT2D eigenvalue weighted by molar-refractivity contribution is -0.384. The summed E-state index contributed by atoms with van der Waals surface area (Å²) in [6, 6.07) is 17.9. The molecule has 28 heavy (non-hydrogen) atoms. The lowest BCUT2D eigenvalue weighted by atomic mass is 10.1. The molecule has 0 spiro atoms. The monoisotopic (exact) mass is 378 g/mol. The number of amides is 1. The van der Waals surface area contributed by atoms with Crippen LogP contribution in [0.25, 0.3) is 0 Å². The van der Waals surface area contributed by atoms with Crippen molar-refractivity contribution in [1.29, 1.82) is 0 Å². The zero-order valence-corrected chi connectivity index (χ0v) is 14.4. The first kappa shape index (κ1) is 18.6. The molecule has 0 bridgehead atoms. The van der Waals surface area contributed by atoms with Gasteiger partial charge in [-0.2, -0.15) is 0 Å². The molecule has 2 N–H and O–H groups in total. The molecule has 0 radical (unpaired) electrons. The third-order valence-corrected chi connectivity index (χ3v) is 3.79. The number of carboxylic acid groups (broad SMARTS) is 1. The second kappa shape index (κ2) is 8.00. The Labute approximate surface area is 159 Å². The Morgan fingerprint density at radius 1 is 0.929 bits per heavy atom. The van der Waals surface area contributed by atoms with Gasteiger partial charge in [-0.15, -0.1) is 0 Å². The van der Waals surface area contributed by atoms with Crippen LogP contribution in [-0.2, 0) is 0 Å². The molecule has 8 heteroatoms. The van der Waals surface area contributed by atoms with Gasteiger partial charge < -0.3 is 15.2 Å². The molecule has 3 rings (SSSR count). The van der Waals surface area contributed by atoms with Gasteiger partial charge in [0, 0.05) is 23.8 Å². The Hall–Kier alpha value is -4.20. The standard InChI is InChI=1S/C20H14N2O6/c23-19(13-4-2-1-3-5-13)21-18-12-16(10-11-17(18)20(24)25)28-15-8-6-14(7-9-15)22(26)27/h1-12H,(H,21,23)(H,24,25). The van der Waals surface area contributed by atoms with Crippen LogP contribution in [0.4, 0.5) is 11.4 Å². The van der Waals surface area contributed by atoms with E-state index in [0.717, 1.165) is 0 Å². The zero-order valence-electron chi connectivity index (χ0n) is 14.4. The molecule has 1 amide bonds. The largest absolute Gasteiger partial charge is 0.478 e. The SMILES string of the molecule is O=C(Nc1cc(Oc2ccc([N+](=O)[O-])cc2)ccc1C(=O)O)c1ccccc1. The molecule has 0 aliphatic rings. The number of nitrogens with one attached hydrogen (secondary N) is 1. The number of nitro benzene ring substituents is 1. The smallest absolute Gasteiger partial charge is 0.337 e. The molecule has 0 aromatic heterocycles. The Bertz CT molecular complexity index is 1030. The number of benzene rings is 3. The van der Waals surface area contributed by atoms with Crippen LogP contribution in [0.15, 0.2) is 72.8 Å². The number of carbonyl (C=O) groups is 2. The van der Waals surface area contributed by atoms with Crippen LogP contribution < -0.4 is 10.1 Å². The van der Waals surface area contributed by atoms with Gasteiger partial charge in [0.25, 0.3) is 11.6 Å². The van der Waals surface area contributed by atoms with E-state index in [2.05, 4.69) is 5.32 Å². The quantitative estimate of drug-likeness (QED) is 0.486. The van der Waals surface area contributed by atoms with Gasteiger partial charge in [0.15, 0.2) is 0 Å². The number of nitro groups is 1. The maximum absolute atomic E-state index is 12.4. The summed E-state index contributed by atoms with van der Waals surface area (Å²) in [5.41, 5.74) is 0.269. The van der Waals surface area contributed by atoms with Crippen LogP contribution in [-0.4, -0.2) is 21.9 Å². The van der Waals surface area contributed by atoms with Crippen LogP contribution in [0.3, 0.4) is 0 Å². The maximum atomic E-state index is 12.4. The van der Waals surface area contributed by atoms with E-state index in [-0.39, 0.29) is 22.7 Å². The highest BCUT2D eigenvalue weighted by atomic mass is 16.6. The first-order chi connectivity index (χ1) is 13.4. The first-order valence-electron chi connectivity index (χ1n) is 8.10. The van der Waals surface area contributed by atoms with Crippen LogP contribution in [0.5, 0.6) is 11.5 Å². The molecule has 3 aromatic carbocycles. The molecular formula is C20H14N2O6. The topological polar surface area (TPSA) is 119 Å². The minimum absolute atomic E-state index is 0.0702. The summed E-state index contributed by atoms with van der Waals surface area (Å²) in [5.74, 6) is -1.07. The highest BCUT2D eigenvalue weighted by Crippen LogP contribution is 2.28. The number of aromatic carboxylic acids is 1. The Morgan fingerprint density at radius 3 is 2.18 bits per heavy atom. The fraction of sp³-hybridized carbons (Fsp3) is 0. The molecular weight excluding hydrogens is 364 g/mol. The predicted octanol–water partition coefficient (Wildman–Crippen LogP) is 4.34. The number of carboxylic acids is 1. The number of carbonyl (C=O) groups excluding carboxylic acids is 1. The summed E-state index contributed by atoms with van der Waals surface area (Å²) in [6.45, 7) is 0. The molecule has 0 heterocycles. The summed E-state index contributed by atoms with van der Waals surface area (Å²) in [4.78, 5) is 34.0. The van der Waals surface area contributed by atoms with E-state index in [0.29, 0.717) is 11.3 Å². The van der Waals surface area contributed by atoms with Crippen molar-refractivity contribution in [2.45, 2.75) is 0 Å². The number of nitrogens with zero attached hydrogens (tertiary/aromatic N) is 1. The summed E-state index contributed by atoms with van der Waals surface area (Å²) in [5, 5.41) is 22.6. The second-order valence-electron chi connectivity index (χ2n) is 5.69. The fourth-order valence-corrected chi connectivity index (χ4v) is 2.43. The van der Waals surface area contributed by atoms with E-state index in [4.69, 9.17) is 4.74 Å². The molecule has 0 aliphatic carbocycles. The molecule has 0 unspecified atom stereocenters. The number of hydrogen-bond donors (Lipinski definition) is 2. The molecule has 3 aromatic rings. The minimum atomic E-state index is -1.20. The summed E-state index contributed by atoms with van der Waals surface area (Å²) < 4.78 is 5.61. The van der Waals surface area contributed by atoms with Gasteiger partial charge >= 0.3 is 5.97 Å². The first-order valence-corrected chi connectivity index (χ1v) is 8.10. The van der Waals surface area contributed by atoms with Gasteiger partial charge in [0.05, 0.1) is 16.2 Å². The fourth-order valence-electron chi connectivity index (χ4n) is 2.43. The highest BCUT2D eigenvalue weighted by Gasteiger charge is 2.15. The number of rotatable bonds is 6. The Balaban J connectivity index is 1.85. The van der Waals surface area contributed by atoms with E-state index in [9.17, 15) is 24.8 Å². The minimum Gasteiger partial charge on any atom is -0.478 e. The van der Waals surface area contributed by atoms with Crippen LogP contribution in [0.1, 0.15) is 20.7 Å². The van der Waals surface area contributed by atoms with Crippen LogP contribution in [0, 0.1) is 10.1 Å². The number of hydrogen-bond acceptors (Lipinski definition) is 5. The van der Waals surface area contributed by atoms with E-state index >= 15 is 0 Å². The number of anilines is 1. The average Bonchev–Trinajstić information content (AvgIpc) is 2.69. The van der Waals surface area contributed by atoms with Crippen molar-refractivity contribution in [3.8, 4) is 11.5 Å². The van der Waals surface area contributed by atoms with E-state index in [1.165, 1.54) is 42.5 Å². The number of ether oxygens (including phenoxy) is 1. The predicted molar refractivity (Wildman–Crippen MR) is 101 cm³/mol. The lowest BCUT2D eigenvalue weighted by Gasteiger charge is -2.12. The summed E-state index contributed by atoms with van der Waals surface area (Å²) in [7, 11) is 0. The molecule has 8 nitrogen and oxygen atoms in total. The third-order valence-electron chi connectivity index (χ3n) is 3.79. The molecule has 0 fully saturated rings. The van der Waals surface area contributed by atoms with Crippen molar-refractivity contribution >= 4 is 23.3 Å². The van der Waals surface area contributed by atoms with Gasteiger partial charge in [-0.25, -0.2) is 4.79 Å². The van der Waals surface area contributed by atoms with Crippen molar-refractivity contribution < 1.29 is 24.4 Å². The highest BCUT2D eigenvalue weighted by molar-refractivity contribution is 6.07. The molecule has 0 aliphatic heterocycles. The van der Waals surface area contributed by atoms with E-state index in [1.54, 1.807) is 30.3 Å². The van der Waals surface area contributed by atoms with Crippen molar-refractivity contribution in [2.24, 2.45) is 0 Å². The average molecular weight is 378 g/mol. The molecule has 0 saturated heterocycles. The van der Waals surface area contributed by atoms with Gasteiger partial charge in [0.1, 0.15) is 11.5 Å². The van der Waals surface area contributed by atoms with Gasteiger partial charge in [0.2, 0.25) is 0 Å². The maximum Gasteiger partial charge on any atom is 0.337 e. The molecule has 140 valence electrons. The number of non-ortho nitro benzene ring substituents is 1. The van der Waals surface area contributed by atoms with Gasteiger partial charge in [-0.3, -0.25) is 14.9 Å². The summed E-state index contributed by atoms with van der Waals surface area (Å²) >= 11 is 0. The van der Waals surface area contributed by atoms with Gasteiger partial charge in [-0.1, -0.05) is 18.2 Å². The van der Waals surface area contributed by atoms with E-state index in [1.807, 2.05) is 0 Å². The molecule has 0 saturated carbocycles. The van der Waals surface area contributed by atoms with E-state index < -0.39 is 16.8 Å². The van der Waals surface area contributed by atoms with Crippen molar-refractivity contribution in [2.75, 3.05) is 5.32 Å². The third kappa shape index (κ3) is 4.31. The Morgan fingerprint density at radius 2 is 1.57 bits per heavy atom. The molecule has 0 atom stereocenters. The lowest BCUT2D eigenvalue weighted by Crippen LogP contribution is -2.14. The summed E-state index contributed by atoms with van der Waals surface area (Å²) in [6.07, 6.45) is 0. The van der Waals surface area contributed by atoms with Crippen molar-refractivity contribution in [3.05, 3.63) is 94.0 Å². The van der Waals surface area contributed by atoms with Crippen LogP contribution in [0.2, 0.25) is 0 Å². The van der Waals surface area contributed by atoms with Crippen molar-refractivity contribution in [1.82, 2.24) is 0 Å². The second-order valence-corrected chi connectivity index (χ2v) is 5.69. The zero-order chi connectivity index (χ0) is 20.1. The van der Waals surface area contributed by atoms with Crippen molar-refractivity contribution in [3.63, 3.8) is 0 Å². The normalized spacial score (nSPS) is 10.1. The van der Waals surface area contributed by atoms with Gasteiger partial charge in [-0.05, 0) is 36.4 Å². The Kier molecular flexibility index (Phi) is 5.31.